The standard InChI is InChI=1S/C26H34FN3O2S/c1-18-15-24(33-25(18)26(32)28-16-23-13-8-19(2)29(23)4)7-5-6-14-30(20(3)31)17-21-9-11-22(27)12-10-21/h8-13,15,18,25H,5-7,14,16-17H2,1-4H3,(H,28,32). The van der Waals surface area contributed by atoms with E-state index in [4.69, 9.17) is 0 Å². The van der Waals surface area contributed by atoms with E-state index in [0.717, 1.165) is 30.5 Å². The summed E-state index contributed by atoms with van der Waals surface area (Å²) in [5, 5.41) is 3.00. The Hall–Kier alpha value is -2.54. The molecule has 7 heteroatoms. The van der Waals surface area contributed by atoms with Crippen LogP contribution in [0.15, 0.2) is 47.4 Å². The quantitative estimate of drug-likeness (QED) is 0.499. The summed E-state index contributed by atoms with van der Waals surface area (Å²) >= 11 is 1.67. The number of halogens is 1. The first kappa shape index (κ1) is 25.1. The van der Waals surface area contributed by atoms with E-state index in [1.54, 1.807) is 35.7 Å². The van der Waals surface area contributed by atoms with Crippen molar-refractivity contribution in [3.8, 4) is 0 Å². The fourth-order valence-corrected chi connectivity index (χ4v) is 5.37. The third-order valence-electron chi connectivity index (χ3n) is 6.22. The third kappa shape index (κ3) is 6.97. The number of thioether (sulfide) groups is 1. The Labute approximate surface area is 200 Å². The fourth-order valence-electron chi connectivity index (χ4n) is 4.01. The van der Waals surface area contributed by atoms with E-state index in [0.29, 0.717) is 19.6 Å². The highest BCUT2D eigenvalue weighted by molar-refractivity contribution is 8.04. The Kier molecular flexibility index (Phi) is 8.78. The molecule has 0 spiro atoms. The van der Waals surface area contributed by atoms with Crippen molar-refractivity contribution in [2.75, 3.05) is 6.54 Å². The lowest BCUT2D eigenvalue weighted by molar-refractivity contribution is -0.129. The number of benzene rings is 1. The number of hydrogen-bond acceptors (Lipinski definition) is 3. The number of aromatic nitrogens is 1. The molecule has 2 atom stereocenters. The molecule has 1 aromatic heterocycles. The summed E-state index contributed by atoms with van der Waals surface area (Å²) < 4.78 is 15.2. The minimum atomic E-state index is -0.272. The van der Waals surface area contributed by atoms with Gasteiger partial charge in [-0.3, -0.25) is 9.59 Å². The third-order valence-corrected chi connectivity index (χ3v) is 7.76. The lowest BCUT2D eigenvalue weighted by Gasteiger charge is -2.21. The molecule has 0 bridgehead atoms. The number of aryl methyl sites for hydroxylation is 1. The second kappa shape index (κ2) is 11.5. The molecule has 2 aromatic rings. The van der Waals surface area contributed by atoms with Crippen molar-refractivity contribution in [1.29, 1.82) is 0 Å². The smallest absolute Gasteiger partial charge is 0.234 e. The first-order chi connectivity index (χ1) is 15.7. The van der Waals surface area contributed by atoms with Gasteiger partial charge in [-0.05, 0) is 66.8 Å². The normalized spacial score (nSPS) is 17.7. The van der Waals surface area contributed by atoms with Crippen LogP contribution in [-0.2, 0) is 29.7 Å². The van der Waals surface area contributed by atoms with Crippen molar-refractivity contribution in [3.63, 3.8) is 0 Å². The molecule has 2 amide bonds. The zero-order valence-corrected chi connectivity index (χ0v) is 20.8. The molecule has 2 heterocycles. The summed E-state index contributed by atoms with van der Waals surface area (Å²) in [5.41, 5.74) is 3.20. The average molecular weight is 472 g/mol. The number of carbonyl (C=O) groups is 2. The van der Waals surface area contributed by atoms with Crippen molar-refractivity contribution >= 4 is 23.6 Å². The molecule has 0 radical (unpaired) electrons. The van der Waals surface area contributed by atoms with Gasteiger partial charge in [0.1, 0.15) is 5.82 Å². The predicted molar refractivity (Wildman–Crippen MR) is 132 cm³/mol. The Bertz CT molecular complexity index is 999. The lowest BCUT2D eigenvalue weighted by atomic mass is 10.1. The minimum absolute atomic E-state index is 0.0209. The van der Waals surface area contributed by atoms with E-state index in [2.05, 4.69) is 35.9 Å². The van der Waals surface area contributed by atoms with Crippen molar-refractivity contribution in [3.05, 3.63) is 70.1 Å². The molecule has 0 fully saturated rings. The number of nitrogens with zero attached hydrogens (tertiary/aromatic N) is 2. The molecule has 0 aliphatic carbocycles. The van der Waals surface area contributed by atoms with Crippen LogP contribution in [0.25, 0.3) is 0 Å². The second-order valence-corrected chi connectivity index (χ2v) is 10.1. The lowest BCUT2D eigenvalue weighted by Crippen LogP contribution is -2.34. The van der Waals surface area contributed by atoms with E-state index in [-0.39, 0.29) is 28.8 Å². The maximum atomic E-state index is 13.1. The SMILES string of the molecule is CC(=O)N(CCCCC1=CC(C)C(C(=O)NCc2ccc(C)n2C)S1)Cc1ccc(F)cc1. The Morgan fingerprint density at radius 3 is 2.52 bits per heavy atom. The highest BCUT2D eigenvalue weighted by atomic mass is 32.2. The van der Waals surface area contributed by atoms with Crippen molar-refractivity contribution in [1.82, 2.24) is 14.8 Å². The maximum Gasteiger partial charge on any atom is 0.234 e. The van der Waals surface area contributed by atoms with E-state index < -0.39 is 0 Å². The van der Waals surface area contributed by atoms with Gasteiger partial charge in [0, 0.05) is 38.4 Å². The molecule has 1 aromatic carbocycles. The van der Waals surface area contributed by atoms with Gasteiger partial charge < -0.3 is 14.8 Å². The van der Waals surface area contributed by atoms with E-state index in [9.17, 15) is 14.0 Å². The van der Waals surface area contributed by atoms with Crippen LogP contribution in [0.4, 0.5) is 4.39 Å². The molecule has 3 rings (SSSR count). The van der Waals surface area contributed by atoms with Crippen LogP contribution >= 0.6 is 11.8 Å². The van der Waals surface area contributed by atoms with Gasteiger partial charge in [-0.25, -0.2) is 4.39 Å². The van der Waals surface area contributed by atoms with Crippen LogP contribution in [-0.4, -0.2) is 33.1 Å². The average Bonchev–Trinajstić information content (AvgIpc) is 3.31. The number of allylic oxidation sites excluding steroid dienone is 2. The monoisotopic (exact) mass is 471 g/mol. The summed E-state index contributed by atoms with van der Waals surface area (Å²) in [7, 11) is 2.01. The Morgan fingerprint density at radius 1 is 1.15 bits per heavy atom. The number of rotatable bonds is 10. The molecular formula is C26H34FN3O2S. The number of unbranched alkanes of at least 4 members (excludes halogenated alkanes) is 1. The van der Waals surface area contributed by atoms with Crippen molar-refractivity contribution < 1.29 is 14.0 Å². The van der Waals surface area contributed by atoms with E-state index in [1.165, 1.54) is 22.7 Å². The summed E-state index contributed by atoms with van der Waals surface area (Å²) in [6, 6.07) is 10.4. The van der Waals surface area contributed by atoms with Crippen LogP contribution in [0.1, 0.15) is 50.1 Å². The molecule has 5 nitrogen and oxygen atoms in total. The molecule has 33 heavy (non-hydrogen) atoms. The molecule has 1 aliphatic rings. The van der Waals surface area contributed by atoms with Crippen LogP contribution in [0.3, 0.4) is 0 Å². The molecule has 178 valence electrons. The zero-order valence-electron chi connectivity index (χ0n) is 19.9. The summed E-state index contributed by atoms with van der Waals surface area (Å²) in [4.78, 5) is 27.8. The fraction of sp³-hybridized carbons (Fsp3) is 0.462. The topological polar surface area (TPSA) is 54.3 Å². The number of nitrogens with one attached hydrogen (secondary N) is 1. The number of hydrogen-bond donors (Lipinski definition) is 1. The van der Waals surface area contributed by atoms with Crippen LogP contribution in [0, 0.1) is 18.7 Å². The van der Waals surface area contributed by atoms with Gasteiger partial charge in [-0.1, -0.05) is 25.1 Å². The largest absolute Gasteiger partial charge is 0.350 e. The second-order valence-electron chi connectivity index (χ2n) is 8.80. The summed E-state index contributed by atoms with van der Waals surface area (Å²) in [6.07, 6.45) is 4.97. The molecule has 1 N–H and O–H groups in total. The summed E-state index contributed by atoms with van der Waals surface area (Å²) in [5.74, 6) is 0.0336. The molecule has 1 aliphatic heterocycles. The van der Waals surface area contributed by atoms with Gasteiger partial charge in [0.2, 0.25) is 11.8 Å². The molecular weight excluding hydrogens is 437 g/mol. The van der Waals surface area contributed by atoms with Crippen LogP contribution < -0.4 is 5.32 Å². The van der Waals surface area contributed by atoms with Gasteiger partial charge in [0.15, 0.2) is 0 Å². The summed E-state index contributed by atoms with van der Waals surface area (Å²) in [6.45, 7) is 7.41. The molecule has 0 saturated heterocycles. The first-order valence-corrected chi connectivity index (χ1v) is 12.4. The van der Waals surface area contributed by atoms with E-state index in [1.807, 2.05) is 13.1 Å². The molecule has 0 saturated carbocycles. The molecule has 2 unspecified atom stereocenters. The van der Waals surface area contributed by atoms with Crippen LogP contribution in [0.2, 0.25) is 0 Å². The minimum Gasteiger partial charge on any atom is -0.350 e. The van der Waals surface area contributed by atoms with Crippen molar-refractivity contribution in [2.45, 2.75) is 58.4 Å². The highest BCUT2D eigenvalue weighted by Gasteiger charge is 2.30. The zero-order chi connectivity index (χ0) is 24.0. The Balaban J connectivity index is 1.40. The Morgan fingerprint density at radius 2 is 1.88 bits per heavy atom. The van der Waals surface area contributed by atoms with Gasteiger partial charge >= 0.3 is 0 Å². The van der Waals surface area contributed by atoms with Crippen molar-refractivity contribution in [2.24, 2.45) is 13.0 Å². The predicted octanol–water partition coefficient (Wildman–Crippen LogP) is 4.94. The maximum absolute atomic E-state index is 13.1. The van der Waals surface area contributed by atoms with Gasteiger partial charge in [-0.15, -0.1) is 11.8 Å². The highest BCUT2D eigenvalue weighted by Crippen LogP contribution is 2.39. The van der Waals surface area contributed by atoms with Gasteiger partial charge in [-0.2, -0.15) is 0 Å². The van der Waals surface area contributed by atoms with Gasteiger partial charge in [0.25, 0.3) is 0 Å². The first-order valence-electron chi connectivity index (χ1n) is 11.5. The number of amides is 2. The number of carbonyl (C=O) groups excluding carboxylic acids is 2. The van der Waals surface area contributed by atoms with Crippen LogP contribution in [0.5, 0.6) is 0 Å². The van der Waals surface area contributed by atoms with E-state index >= 15 is 0 Å². The van der Waals surface area contributed by atoms with Gasteiger partial charge in [0.05, 0.1) is 11.8 Å².